The Hall–Kier alpha value is -3.13. The minimum atomic E-state index is -1.28. The number of nitrogens with one attached hydrogen (secondary N) is 2. The van der Waals surface area contributed by atoms with Crippen LogP contribution in [0.3, 0.4) is 0 Å². The molecule has 0 aliphatic carbocycles. The van der Waals surface area contributed by atoms with E-state index >= 15 is 0 Å². The molecule has 0 fully saturated rings. The minimum absolute atomic E-state index is 0.0444. The first-order valence-electron chi connectivity index (χ1n) is 9.07. The molecule has 7 nitrogen and oxygen atoms in total. The van der Waals surface area contributed by atoms with Crippen LogP contribution >= 0.6 is 11.6 Å². The summed E-state index contributed by atoms with van der Waals surface area (Å²) >= 11 is 6.07. The van der Waals surface area contributed by atoms with Crippen molar-refractivity contribution in [1.82, 2.24) is 10.6 Å². The third kappa shape index (κ3) is 6.45. The van der Waals surface area contributed by atoms with Crippen LogP contribution in [0.15, 0.2) is 42.5 Å². The van der Waals surface area contributed by atoms with Crippen LogP contribution in [-0.2, 0) is 27.2 Å². The van der Waals surface area contributed by atoms with Crippen molar-refractivity contribution < 1.29 is 28.6 Å². The van der Waals surface area contributed by atoms with E-state index < -0.39 is 35.7 Å². The first-order valence-corrected chi connectivity index (χ1v) is 9.45. The van der Waals surface area contributed by atoms with Gasteiger partial charge in [0.2, 0.25) is 11.8 Å². The molecule has 0 heterocycles. The maximum atomic E-state index is 14.0. The minimum Gasteiger partial charge on any atom is -0.495 e. The van der Waals surface area contributed by atoms with Crippen LogP contribution in [0.1, 0.15) is 18.1 Å². The Kier molecular flexibility index (Phi) is 8.17. The lowest BCUT2D eigenvalue weighted by Gasteiger charge is -2.21. The second-order valence-corrected chi connectivity index (χ2v) is 7.03. The Morgan fingerprint density at radius 2 is 1.80 bits per heavy atom. The molecule has 0 aliphatic heterocycles. The van der Waals surface area contributed by atoms with Crippen molar-refractivity contribution in [3.8, 4) is 5.75 Å². The number of methoxy groups -OCH3 is 1. The first kappa shape index (κ1) is 23.2. The van der Waals surface area contributed by atoms with Gasteiger partial charge in [-0.25, -0.2) is 9.18 Å². The number of hydrogen-bond donors (Lipinski definition) is 3. The second kappa shape index (κ2) is 10.6. The molecule has 9 heteroatoms. The van der Waals surface area contributed by atoms with Gasteiger partial charge in [0.25, 0.3) is 0 Å². The van der Waals surface area contributed by atoms with Crippen molar-refractivity contribution in [3.05, 3.63) is 64.4 Å². The van der Waals surface area contributed by atoms with E-state index in [-0.39, 0.29) is 18.4 Å². The number of carboxylic acid groups (broad SMARTS) is 1. The predicted octanol–water partition coefficient (Wildman–Crippen LogP) is 2.35. The number of carboxylic acids is 1. The van der Waals surface area contributed by atoms with Crippen molar-refractivity contribution in [2.75, 3.05) is 7.11 Å². The van der Waals surface area contributed by atoms with Crippen molar-refractivity contribution in [2.24, 2.45) is 0 Å². The highest BCUT2D eigenvalue weighted by Crippen LogP contribution is 2.25. The Morgan fingerprint density at radius 1 is 1.10 bits per heavy atom. The fourth-order valence-corrected chi connectivity index (χ4v) is 3.16. The molecule has 3 N–H and O–H groups in total. The largest absolute Gasteiger partial charge is 0.495 e. The van der Waals surface area contributed by atoms with Gasteiger partial charge in [0.1, 0.15) is 23.7 Å². The van der Waals surface area contributed by atoms with Crippen LogP contribution in [0, 0.1) is 5.82 Å². The van der Waals surface area contributed by atoms with Crippen molar-refractivity contribution in [2.45, 2.75) is 31.8 Å². The summed E-state index contributed by atoms with van der Waals surface area (Å²) in [4.78, 5) is 35.9. The van der Waals surface area contributed by atoms with Crippen LogP contribution < -0.4 is 15.4 Å². The zero-order valence-corrected chi connectivity index (χ0v) is 17.2. The molecule has 0 spiro atoms. The number of hydrogen-bond acceptors (Lipinski definition) is 4. The zero-order chi connectivity index (χ0) is 22.3. The van der Waals surface area contributed by atoms with Gasteiger partial charge < -0.3 is 20.5 Å². The van der Waals surface area contributed by atoms with E-state index in [0.29, 0.717) is 16.3 Å². The fourth-order valence-electron chi connectivity index (χ4n) is 2.88. The molecule has 30 heavy (non-hydrogen) atoms. The van der Waals surface area contributed by atoms with Gasteiger partial charge >= 0.3 is 5.97 Å². The highest BCUT2D eigenvalue weighted by atomic mass is 35.5. The number of ether oxygens (including phenoxy) is 1. The molecule has 160 valence electrons. The lowest BCUT2D eigenvalue weighted by molar-refractivity contribution is -0.142. The lowest BCUT2D eigenvalue weighted by atomic mass is 10.0. The molecule has 0 aromatic heterocycles. The lowest BCUT2D eigenvalue weighted by Crippen LogP contribution is -2.52. The van der Waals surface area contributed by atoms with E-state index in [2.05, 4.69) is 10.6 Å². The number of rotatable bonds is 9. The van der Waals surface area contributed by atoms with Crippen LogP contribution in [-0.4, -0.2) is 42.1 Å². The molecule has 0 radical (unpaired) electrons. The average molecular weight is 437 g/mol. The number of benzene rings is 2. The number of halogens is 2. The van der Waals surface area contributed by atoms with Gasteiger partial charge in [-0.2, -0.15) is 0 Å². The van der Waals surface area contributed by atoms with Gasteiger partial charge in [-0.1, -0.05) is 35.9 Å². The molecule has 0 aliphatic rings. The summed E-state index contributed by atoms with van der Waals surface area (Å²) in [5.41, 5.74) is 0.791. The molecule has 2 atom stereocenters. The molecule has 2 aromatic carbocycles. The molecule has 0 bridgehead atoms. The van der Waals surface area contributed by atoms with E-state index in [0.717, 1.165) is 0 Å². The molecule has 0 saturated heterocycles. The van der Waals surface area contributed by atoms with Gasteiger partial charge in [0.05, 0.1) is 12.1 Å². The molecule has 2 rings (SSSR count). The van der Waals surface area contributed by atoms with E-state index in [1.54, 1.807) is 24.3 Å². The van der Waals surface area contributed by atoms with Gasteiger partial charge in [-0.05, 0) is 29.3 Å². The topological polar surface area (TPSA) is 105 Å². The normalized spacial score (nSPS) is 12.5. The van der Waals surface area contributed by atoms with Gasteiger partial charge in [0.15, 0.2) is 0 Å². The highest BCUT2D eigenvalue weighted by Gasteiger charge is 2.27. The summed E-state index contributed by atoms with van der Waals surface area (Å²) < 4.78 is 19.0. The standard InChI is InChI=1S/C21H22ClFN2O5/c1-12(26)24-17(11-14-5-3-4-6-16(14)23)20(27)25-18(21(28)29)10-13-7-8-19(30-2)15(22)9-13/h3-9,17-18H,10-11H2,1-2H3,(H,24,26)(H,25,27)(H,28,29)/t17-,18+/m1/s1. The van der Waals surface area contributed by atoms with Crippen LogP contribution in [0.5, 0.6) is 5.75 Å². The number of aliphatic carboxylic acids is 1. The molecule has 0 saturated carbocycles. The van der Waals surface area contributed by atoms with Gasteiger partial charge in [0, 0.05) is 19.8 Å². The SMILES string of the molecule is COc1ccc(C[C@H](NC(=O)[C@@H](Cc2ccccc2F)NC(C)=O)C(=O)O)cc1Cl. The smallest absolute Gasteiger partial charge is 0.326 e. The van der Waals surface area contributed by atoms with Crippen molar-refractivity contribution in [1.29, 1.82) is 0 Å². The molecular weight excluding hydrogens is 415 g/mol. The van der Waals surface area contributed by atoms with E-state index in [1.807, 2.05) is 0 Å². The Labute approximate surface area is 178 Å². The molecule has 0 unspecified atom stereocenters. The number of carbonyl (C=O) groups is 3. The Balaban J connectivity index is 2.17. The maximum Gasteiger partial charge on any atom is 0.326 e. The summed E-state index contributed by atoms with van der Waals surface area (Å²) in [6, 6.07) is 8.21. The van der Waals surface area contributed by atoms with Crippen LogP contribution in [0.2, 0.25) is 5.02 Å². The highest BCUT2D eigenvalue weighted by molar-refractivity contribution is 6.32. The van der Waals surface area contributed by atoms with Crippen LogP contribution in [0.25, 0.3) is 0 Å². The second-order valence-electron chi connectivity index (χ2n) is 6.62. The molecule has 2 amide bonds. The fraction of sp³-hybridized carbons (Fsp3) is 0.286. The maximum absolute atomic E-state index is 14.0. The predicted molar refractivity (Wildman–Crippen MR) is 109 cm³/mol. The summed E-state index contributed by atoms with van der Waals surface area (Å²) in [6.07, 6.45) is -0.171. The first-order chi connectivity index (χ1) is 14.2. The van der Waals surface area contributed by atoms with E-state index in [9.17, 15) is 23.9 Å². The monoisotopic (exact) mass is 436 g/mol. The van der Waals surface area contributed by atoms with Gasteiger partial charge in [-0.15, -0.1) is 0 Å². The molecule has 2 aromatic rings. The molecular formula is C21H22ClFN2O5. The van der Waals surface area contributed by atoms with Crippen molar-refractivity contribution in [3.63, 3.8) is 0 Å². The Bertz CT molecular complexity index is 937. The van der Waals surface area contributed by atoms with Crippen LogP contribution in [0.4, 0.5) is 4.39 Å². The van der Waals surface area contributed by atoms with Gasteiger partial charge in [-0.3, -0.25) is 9.59 Å². The third-order valence-corrected chi connectivity index (χ3v) is 4.64. The zero-order valence-electron chi connectivity index (χ0n) is 16.4. The Morgan fingerprint density at radius 3 is 2.37 bits per heavy atom. The average Bonchev–Trinajstić information content (AvgIpc) is 2.68. The summed E-state index contributed by atoms with van der Waals surface area (Å²) in [6.45, 7) is 1.22. The summed E-state index contributed by atoms with van der Waals surface area (Å²) in [7, 11) is 1.46. The number of carbonyl (C=O) groups excluding carboxylic acids is 2. The van der Waals surface area contributed by atoms with E-state index in [1.165, 1.54) is 32.2 Å². The summed E-state index contributed by atoms with van der Waals surface area (Å²) in [5, 5.41) is 14.7. The quantitative estimate of drug-likeness (QED) is 0.559. The van der Waals surface area contributed by atoms with Crippen molar-refractivity contribution >= 4 is 29.4 Å². The number of amides is 2. The third-order valence-electron chi connectivity index (χ3n) is 4.35. The van der Waals surface area contributed by atoms with E-state index in [4.69, 9.17) is 16.3 Å². The summed E-state index contributed by atoms with van der Waals surface area (Å²) in [5.74, 6) is -2.58.